The Bertz CT molecular complexity index is 335. The van der Waals surface area contributed by atoms with E-state index in [1.807, 2.05) is 0 Å². The Labute approximate surface area is 91.5 Å². The van der Waals surface area contributed by atoms with E-state index in [9.17, 15) is 0 Å². The second-order valence-corrected chi connectivity index (χ2v) is 4.79. The topological polar surface area (TPSA) is 12.5 Å². The standard InChI is InChI=1S/C14H18O/c1-2-6-11(7-3-1)12-8-4-5-9-13(12)14-10-15-14/h4-5,8-9,11,14H,1-3,6-7,10H2. The molecule has 1 saturated carbocycles. The third-order valence-corrected chi connectivity index (χ3v) is 3.72. The van der Waals surface area contributed by atoms with Gasteiger partial charge in [-0.3, -0.25) is 0 Å². The molecule has 0 amide bonds. The van der Waals surface area contributed by atoms with Crippen LogP contribution < -0.4 is 0 Å². The number of benzene rings is 1. The minimum Gasteiger partial charge on any atom is -0.368 e. The maximum atomic E-state index is 5.43. The Morgan fingerprint density at radius 2 is 1.60 bits per heavy atom. The number of hydrogen-bond acceptors (Lipinski definition) is 1. The highest BCUT2D eigenvalue weighted by Crippen LogP contribution is 2.40. The van der Waals surface area contributed by atoms with Gasteiger partial charge in [-0.2, -0.15) is 0 Å². The first-order chi connectivity index (χ1) is 7.45. The molecule has 1 atom stereocenters. The van der Waals surface area contributed by atoms with E-state index in [0.717, 1.165) is 12.5 Å². The first kappa shape index (κ1) is 9.41. The summed E-state index contributed by atoms with van der Waals surface area (Å²) in [6.07, 6.45) is 7.42. The molecule has 0 bridgehead atoms. The third-order valence-electron chi connectivity index (χ3n) is 3.72. The monoisotopic (exact) mass is 202 g/mol. The Kier molecular flexibility index (Phi) is 2.49. The van der Waals surface area contributed by atoms with Crippen LogP contribution in [-0.4, -0.2) is 6.61 Å². The van der Waals surface area contributed by atoms with Gasteiger partial charge in [-0.15, -0.1) is 0 Å². The first-order valence-corrected chi connectivity index (χ1v) is 6.15. The lowest BCUT2D eigenvalue weighted by atomic mass is 9.81. The van der Waals surface area contributed by atoms with E-state index in [0.29, 0.717) is 6.10 Å². The average molecular weight is 202 g/mol. The van der Waals surface area contributed by atoms with E-state index < -0.39 is 0 Å². The van der Waals surface area contributed by atoms with Crippen molar-refractivity contribution in [3.8, 4) is 0 Å². The van der Waals surface area contributed by atoms with Crippen LogP contribution in [-0.2, 0) is 4.74 Å². The van der Waals surface area contributed by atoms with Crippen LogP contribution >= 0.6 is 0 Å². The zero-order valence-electron chi connectivity index (χ0n) is 9.11. The molecule has 1 nitrogen and oxygen atoms in total. The van der Waals surface area contributed by atoms with E-state index in [2.05, 4.69) is 24.3 Å². The summed E-state index contributed by atoms with van der Waals surface area (Å²) < 4.78 is 5.43. The molecule has 1 aliphatic heterocycles. The van der Waals surface area contributed by atoms with Gasteiger partial charge in [0.15, 0.2) is 0 Å². The molecule has 2 fully saturated rings. The molecule has 1 aromatic carbocycles. The summed E-state index contributed by atoms with van der Waals surface area (Å²) in [7, 11) is 0. The van der Waals surface area contributed by atoms with Crippen LogP contribution in [0.15, 0.2) is 24.3 Å². The highest BCUT2D eigenvalue weighted by atomic mass is 16.6. The van der Waals surface area contributed by atoms with Crippen molar-refractivity contribution in [2.75, 3.05) is 6.61 Å². The van der Waals surface area contributed by atoms with Gasteiger partial charge in [0.25, 0.3) is 0 Å². The van der Waals surface area contributed by atoms with Crippen molar-refractivity contribution in [1.82, 2.24) is 0 Å². The zero-order valence-corrected chi connectivity index (χ0v) is 9.11. The van der Waals surface area contributed by atoms with Crippen molar-refractivity contribution < 1.29 is 4.74 Å². The second kappa shape index (κ2) is 3.97. The second-order valence-electron chi connectivity index (χ2n) is 4.79. The summed E-state index contributed by atoms with van der Waals surface area (Å²) in [4.78, 5) is 0. The summed E-state index contributed by atoms with van der Waals surface area (Å²) >= 11 is 0. The number of rotatable bonds is 2. The molecular weight excluding hydrogens is 184 g/mol. The van der Waals surface area contributed by atoms with Gasteiger partial charge in [0.05, 0.1) is 6.61 Å². The van der Waals surface area contributed by atoms with Crippen molar-refractivity contribution in [3.05, 3.63) is 35.4 Å². The van der Waals surface area contributed by atoms with Gasteiger partial charge < -0.3 is 4.74 Å². The molecule has 1 aromatic rings. The smallest absolute Gasteiger partial charge is 0.106 e. The van der Waals surface area contributed by atoms with Crippen molar-refractivity contribution in [1.29, 1.82) is 0 Å². The van der Waals surface area contributed by atoms with Crippen LogP contribution in [0.1, 0.15) is 55.3 Å². The molecule has 1 unspecified atom stereocenters. The van der Waals surface area contributed by atoms with Crippen LogP contribution in [0, 0.1) is 0 Å². The van der Waals surface area contributed by atoms with Gasteiger partial charge in [-0.25, -0.2) is 0 Å². The molecule has 0 N–H and O–H groups in total. The van der Waals surface area contributed by atoms with Gasteiger partial charge in [0, 0.05) is 0 Å². The molecule has 3 rings (SSSR count). The molecule has 15 heavy (non-hydrogen) atoms. The van der Waals surface area contributed by atoms with E-state index in [1.54, 1.807) is 5.56 Å². The van der Waals surface area contributed by atoms with Gasteiger partial charge in [0.2, 0.25) is 0 Å². The zero-order chi connectivity index (χ0) is 10.1. The largest absolute Gasteiger partial charge is 0.368 e. The molecule has 2 aliphatic rings. The molecule has 1 heteroatoms. The van der Waals surface area contributed by atoms with Crippen molar-refractivity contribution in [2.45, 2.75) is 44.1 Å². The summed E-state index contributed by atoms with van der Waals surface area (Å²) in [5.41, 5.74) is 3.03. The van der Waals surface area contributed by atoms with Gasteiger partial charge in [0.1, 0.15) is 6.10 Å². The maximum absolute atomic E-state index is 5.43. The quantitative estimate of drug-likeness (QED) is 0.664. The fourth-order valence-corrected chi connectivity index (χ4v) is 2.82. The Morgan fingerprint density at radius 3 is 2.27 bits per heavy atom. The molecule has 0 aromatic heterocycles. The van der Waals surface area contributed by atoms with E-state index in [4.69, 9.17) is 4.74 Å². The fourth-order valence-electron chi connectivity index (χ4n) is 2.82. The van der Waals surface area contributed by atoms with Crippen molar-refractivity contribution in [2.24, 2.45) is 0 Å². The average Bonchev–Trinajstić information content (AvgIpc) is 3.14. The van der Waals surface area contributed by atoms with Gasteiger partial charge in [-0.05, 0) is 29.9 Å². The predicted molar refractivity (Wildman–Crippen MR) is 61.0 cm³/mol. The van der Waals surface area contributed by atoms with Crippen molar-refractivity contribution in [3.63, 3.8) is 0 Å². The molecule has 80 valence electrons. The summed E-state index contributed by atoms with van der Waals surface area (Å²) in [6, 6.07) is 8.88. The number of ether oxygens (including phenoxy) is 1. The first-order valence-electron chi connectivity index (χ1n) is 6.15. The normalized spacial score (nSPS) is 26.5. The lowest BCUT2D eigenvalue weighted by Gasteiger charge is -2.23. The minimum absolute atomic E-state index is 0.420. The highest BCUT2D eigenvalue weighted by molar-refractivity contribution is 5.34. The fraction of sp³-hybridized carbons (Fsp3) is 0.571. The van der Waals surface area contributed by atoms with Crippen LogP contribution in [0.3, 0.4) is 0 Å². The Morgan fingerprint density at radius 1 is 0.933 bits per heavy atom. The number of epoxide rings is 1. The Balaban J connectivity index is 1.88. The summed E-state index contributed by atoms with van der Waals surface area (Å²) in [6.45, 7) is 0.934. The summed E-state index contributed by atoms with van der Waals surface area (Å²) in [5, 5.41) is 0. The molecule has 1 aliphatic carbocycles. The SMILES string of the molecule is c1ccc(C2CO2)c(C2CCCCC2)c1. The van der Waals surface area contributed by atoms with Crippen LogP contribution in [0.2, 0.25) is 0 Å². The molecule has 0 spiro atoms. The lowest BCUT2D eigenvalue weighted by molar-refractivity contribution is 0.405. The van der Waals surface area contributed by atoms with E-state index >= 15 is 0 Å². The number of hydrogen-bond donors (Lipinski definition) is 0. The molecular formula is C14H18O. The minimum atomic E-state index is 0.420. The van der Waals surface area contributed by atoms with E-state index in [1.165, 1.54) is 37.7 Å². The molecule has 1 heterocycles. The third kappa shape index (κ3) is 1.93. The van der Waals surface area contributed by atoms with Gasteiger partial charge >= 0.3 is 0 Å². The highest BCUT2D eigenvalue weighted by Gasteiger charge is 2.29. The molecule has 1 saturated heterocycles. The van der Waals surface area contributed by atoms with Crippen LogP contribution in [0.5, 0.6) is 0 Å². The Hall–Kier alpha value is -0.820. The predicted octanol–water partition coefficient (Wildman–Crippen LogP) is 3.81. The van der Waals surface area contributed by atoms with Gasteiger partial charge in [-0.1, -0.05) is 43.5 Å². The maximum Gasteiger partial charge on any atom is 0.106 e. The van der Waals surface area contributed by atoms with Crippen LogP contribution in [0.25, 0.3) is 0 Å². The van der Waals surface area contributed by atoms with Crippen molar-refractivity contribution >= 4 is 0 Å². The molecule has 0 radical (unpaired) electrons. The van der Waals surface area contributed by atoms with Crippen LogP contribution in [0.4, 0.5) is 0 Å². The summed E-state index contributed by atoms with van der Waals surface area (Å²) in [5.74, 6) is 0.805. The van der Waals surface area contributed by atoms with E-state index in [-0.39, 0.29) is 0 Å². The lowest BCUT2D eigenvalue weighted by Crippen LogP contribution is -2.07.